The first kappa shape index (κ1) is 88.0. The van der Waals surface area contributed by atoms with Gasteiger partial charge in [-0.3, -0.25) is 39.9 Å². The largest absolute Gasteiger partial charge is 0.261 e. The number of aryl methyl sites for hydroxylation is 16. The van der Waals surface area contributed by atoms with Crippen LogP contribution in [0.5, 0.6) is 0 Å². The van der Waals surface area contributed by atoms with Crippen molar-refractivity contribution in [1.29, 1.82) is 0 Å². The van der Waals surface area contributed by atoms with Crippen molar-refractivity contribution in [2.45, 2.75) is 224 Å². The highest BCUT2D eigenvalue weighted by Crippen LogP contribution is 2.48. The Balaban J connectivity index is 0.000000104. The number of hydrogen-bond donors (Lipinski definition) is 0. The number of aromatic nitrogens is 8. The van der Waals surface area contributed by atoms with Crippen LogP contribution >= 0.6 is 0 Å². The van der Waals surface area contributed by atoms with Gasteiger partial charge >= 0.3 is 0 Å². The Kier molecular flexibility index (Phi) is 24.2. The molecule has 0 saturated heterocycles. The molecule has 0 saturated carbocycles. The van der Waals surface area contributed by atoms with Crippen molar-refractivity contribution >= 4 is 0 Å². The first-order chi connectivity index (χ1) is 61.8. The highest BCUT2D eigenvalue weighted by Gasteiger charge is 2.31. The van der Waals surface area contributed by atoms with Crippen LogP contribution in [0.4, 0.5) is 0 Å². The van der Waals surface area contributed by atoms with Crippen LogP contribution < -0.4 is 0 Å². The van der Waals surface area contributed by atoms with Crippen LogP contribution in [0.3, 0.4) is 0 Å². The molecular formula is C121H122N8. The Labute approximate surface area is 766 Å². The average molecular weight is 1690 g/mol. The number of benzene rings is 8. The molecule has 0 amide bonds. The van der Waals surface area contributed by atoms with E-state index in [0.29, 0.717) is 0 Å². The molecule has 8 heterocycles. The van der Waals surface area contributed by atoms with E-state index in [1.54, 1.807) is 0 Å². The Morgan fingerprint density at radius 3 is 1.12 bits per heavy atom. The van der Waals surface area contributed by atoms with Crippen molar-refractivity contribution in [3.8, 4) is 89.0 Å². The third-order valence-electron chi connectivity index (χ3n) is 29.4. The lowest BCUT2D eigenvalue weighted by Crippen LogP contribution is -1.97. The van der Waals surface area contributed by atoms with E-state index < -0.39 is 0 Å². The molecule has 0 bridgehead atoms. The zero-order chi connectivity index (χ0) is 91.1. The van der Waals surface area contributed by atoms with Crippen LogP contribution in [0.2, 0.25) is 0 Å². The molecule has 0 fully saturated rings. The van der Waals surface area contributed by atoms with Crippen LogP contribution in [0.1, 0.15) is 229 Å². The van der Waals surface area contributed by atoms with Crippen LogP contribution in [-0.4, -0.2) is 39.9 Å². The Morgan fingerprint density at radius 1 is 0.171 bits per heavy atom. The fourth-order valence-corrected chi connectivity index (χ4v) is 20.9. The van der Waals surface area contributed by atoms with Crippen molar-refractivity contribution < 1.29 is 0 Å². The molecule has 8 aliphatic carbocycles. The quantitative estimate of drug-likeness (QED) is 0.148. The van der Waals surface area contributed by atoms with Crippen LogP contribution in [0, 0.1) is 173 Å². The molecule has 0 atom stereocenters. The van der Waals surface area contributed by atoms with E-state index in [-0.39, 0.29) is 0 Å². The fourth-order valence-electron chi connectivity index (χ4n) is 20.9. The van der Waals surface area contributed by atoms with Crippen molar-refractivity contribution in [1.82, 2.24) is 39.9 Å². The van der Waals surface area contributed by atoms with Gasteiger partial charge in [0.25, 0.3) is 0 Å². The van der Waals surface area contributed by atoms with Crippen molar-refractivity contribution in [2.75, 3.05) is 0 Å². The van der Waals surface area contributed by atoms with Gasteiger partial charge in [-0.15, -0.1) is 0 Å². The SMILES string of the molecule is Cc1cc(C)c2c(c1)-c1c(cnc(C)c1C)C2.Cc1cc2c(cc1C)-c1c(cnc(C)c1C)C2.Cc1ccc2c(c1)-c1c(ncc(C)c1C)C2.Cc1ccc2c(c1)Cc1ncc(C)c(C)c1-2.Cc1cccc2c1Cc1cnc(C)c(C)c1-2.Cc1cnc2c(c1C)-c1c(C)cccc1C2.Cc1cnc2c(c1C)-c1ccccc1C2.Cc1nc2c(c(C)c1C)-c1ccccc1C2. The number of hydrogen-bond acceptors (Lipinski definition) is 8. The maximum Gasteiger partial charge on any atom is 0.0532 e. The van der Waals surface area contributed by atoms with E-state index >= 15 is 0 Å². The highest BCUT2D eigenvalue weighted by molar-refractivity contribution is 5.87. The lowest BCUT2D eigenvalue weighted by Gasteiger charge is -2.10. The van der Waals surface area contributed by atoms with E-state index in [0.717, 1.165) is 68.4 Å². The molecule has 16 aromatic rings. The lowest BCUT2D eigenvalue weighted by molar-refractivity contribution is 1.04. The molecule has 0 aliphatic heterocycles. The Bertz CT molecular complexity index is 7270. The summed E-state index contributed by atoms with van der Waals surface area (Å²) < 4.78 is 0. The standard InChI is InChI=1S/2C16H17N.5C15H15N.C14H13N/c1-9-5-13-7-14-8-17-12(4)11(3)16(14)15(13)6-10(9)2;1-9-5-10(2)14-7-13-8-17-12(4)11(3)16(13)15(14)6-9;1-9-4-5-13-12(6-9)7-14-15(13)11(3)10(2)8-16-14;1-9-4-5-12-7-14-15(13(12)6-9)11(3)10(2)8-16-14;1-9-5-4-6-13-14(9)7-12-8-16-11(3)10(2)15(12)13;1-9-5-4-6-12-7-13-15(14(9)12)11(3)10(2)8-16-13;1-9-10(2)15-13-7-5-4-6-12(13)8-14(15)16-11(9)3;1-9-8-15-13-7-11-5-3-4-6-12(11)14(13)10(9)2/h2*5-6,8H,7H2,1-4H3;4*4-6,8H,7H2,1-3H3;4-7H,8H2,1-3H3;3-6,8H,7H2,1-2H3. The van der Waals surface area contributed by atoms with Gasteiger partial charge in [0.05, 0.1) is 28.5 Å². The lowest BCUT2D eigenvalue weighted by atomic mass is 9.96. The Hall–Kier alpha value is -13.0. The van der Waals surface area contributed by atoms with Crippen molar-refractivity contribution in [2.24, 2.45) is 0 Å². The second-order valence-corrected chi connectivity index (χ2v) is 37.9. The van der Waals surface area contributed by atoms with E-state index in [4.69, 9.17) is 4.98 Å². The monoisotopic (exact) mass is 1690 g/mol. The zero-order valence-corrected chi connectivity index (χ0v) is 80.6. The summed E-state index contributed by atoms with van der Waals surface area (Å²) >= 11 is 0. The van der Waals surface area contributed by atoms with Gasteiger partial charge in [-0.2, -0.15) is 0 Å². The zero-order valence-electron chi connectivity index (χ0n) is 80.6. The van der Waals surface area contributed by atoms with Gasteiger partial charge in [0.2, 0.25) is 0 Å². The van der Waals surface area contributed by atoms with Gasteiger partial charge in [0.1, 0.15) is 0 Å². The summed E-state index contributed by atoms with van der Waals surface area (Å²) in [7, 11) is 0. The second-order valence-electron chi connectivity index (χ2n) is 37.9. The minimum absolute atomic E-state index is 0.992. The van der Waals surface area contributed by atoms with E-state index in [9.17, 15) is 0 Å². The molecule has 0 spiro atoms. The van der Waals surface area contributed by atoms with E-state index in [1.165, 1.54) is 301 Å². The molecule has 0 radical (unpaired) electrons. The minimum atomic E-state index is 0.992. The normalized spacial score (nSPS) is 12.4. The van der Waals surface area contributed by atoms with Gasteiger partial charge in [0, 0.05) is 145 Å². The first-order valence-corrected chi connectivity index (χ1v) is 46.2. The van der Waals surface area contributed by atoms with Crippen LogP contribution in [-0.2, 0) is 51.4 Å². The molecule has 8 aromatic carbocycles. The summed E-state index contributed by atoms with van der Waals surface area (Å²) in [5.41, 5.74) is 77.2. The molecule has 129 heavy (non-hydrogen) atoms. The summed E-state index contributed by atoms with van der Waals surface area (Å²) in [5.74, 6) is 0. The smallest absolute Gasteiger partial charge is 0.0532 e. The maximum atomic E-state index is 4.73. The van der Waals surface area contributed by atoms with Gasteiger partial charge in [-0.25, -0.2) is 0 Å². The molecule has 0 N–H and O–H groups in total. The molecule has 8 heteroatoms. The van der Waals surface area contributed by atoms with E-state index in [1.807, 2.05) is 43.4 Å². The molecule has 8 nitrogen and oxygen atoms in total. The third kappa shape index (κ3) is 16.5. The van der Waals surface area contributed by atoms with Crippen molar-refractivity contribution in [3.05, 3.63) is 418 Å². The summed E-state index contributed by atoms with van der Waals surface area (Å²) in [5, 5.41) is 0. The summed E-state index contributed by atoms with van der Waals surface area (Å²) in [6, 6.07) is 53.1. The van der Waals surface area contributed by atoms with Crippen LogP contribution in [0.15, 0.2) is 189 Å². The highest BCUT2D eigenvalue weighted by atomic mass is 14.7. The Morgan fingerprint density at radius 2 is 0.550 bits per heavy atom. The van der Waals surface area contributed by atoms with Crippen molar-refractivity contribution in [3.63, 3.8) is 0 Å². The fraction of sp³-hybridized carbons (Fsp3) is 0.273. The van der Waals surface area contributed by atoms with Gasteiger partial charge in [0.15, 0.2) is 0 Å². The van der Waals surface area contributed by atoms with Gasteiger partial charge in [-0.1, -0.05) is 162 Å². The second kappa shape index (κ2) is 35.5. The minimum Gasteiger partial charge on any atom is -0.261 e. The summed E-state index contributed by atoms with van der Waals surface area (Å²) in [4.78, 5) is 36.4. The van der Waals surface area contributed by atoms with E-state index in [2.05, 4.69) is 354 Å². The molecule has 0 unspecified atom stereocenters. The number of nitrogens with zero attached hydrogens (tertiary/aromatic N) is 8. The molecule has 646 valence electrons. The molecule has 24 rings (SSSR count). The molecule has 8 aromatic heterocycles. The molecule has 8 aliphatic rings. The summed E-state index contributed by atoms with van der Waals surface area (Å²) in [6.45, 7) is 54.1. The predicted molar refractivity (Wildman–Crippen MR) is 538 cm³/mol. The topological polar surface area (TPSA) is 103 Å². The van der Waals surface area contributed by atoms with Crippen LogP contribution in [0.25, 0.3) is 89.0 Å². The average Bonchev–Trinajstić information content (AvgIpc) is 1.61. The van der Waals surface area contributed by atoms with Gasteiger partial charge < -0.3 is 0 Å². The summed E-state index contributed by atoms with van der Waals surface area (Å²) in [6.07, 6.45) is 22.2. The van der Waals surface area contributed by atoms with Gasteiger partial charge in [-0.05, 0) is 396 Å². The predicted octanol–water partition coefficient (Wildman–Crippen LogP) is 28.9. The first-order valence-electron chi connectivity index (χ1n) is 46.2. The number of fused-ring (bicyclic) bond motifs is 24. The third-order valence-corrected chi connectivity index (χ3v) is 29.4. The number of rotatable bonds is 0. The number of pyridine rings is 8. The molecular weight excluding hydrogens is 1570 g/mol. The maximum absolute atomic E-state index is 4.73.